The van der Waals surface area contributed by atoms with Crippen molar-refractivity contribution in [3.63, 3.8) is 0 Å². The summed E-state index contributed by atoms with van der Waals surface area (Å²) in [4.78, 5) is 10.7. The molecule has 4 rings (SSSR count). The monoisotopic (exact) mass is 393 g/mol. The van der Waals surface area contributed by atoms with Crippen LogP contribution in [0.5, 0.6) is 0 Å². The first-order valence-corrected chi connectivity index (χ1v) is 9.85. The normalized spacial score (nSPS) is 18.9. The number of aliphatic hydroxyl groups excluding tert-OH is 1. The van der Waals surface area contributed by atoms with Gasteiger partial charge in [-0.05, 0) is 23.6 Å². The predicted octanol–water partition coefficient (Wildman–Crippen LogP) is 1.65. The maximum Gasteiger partial charge on any atom is 0.134 e. The molecule has 1 aliphatic rings. The van der Waals surface area contributed by atoms with E-state index >= 15 is 0 Å². The Labute approximate surface area is 170 Å². The maximum atomic E-state index is 10.2. The van der Waals surface area contributed by atoms with Gasteiger partial charge in [0.05, 0.1) is 12.3 Å². The summed E-state index contributed by atoms with van der Waals surface area (Å²) in [5.74, 6) is 1.61. The molecule has 0 spiro atoms. The van der Waals surface area contributed by atoms with Crippen molar-refractivity contribution in [1.82, 2.24) is 25.1 Å². The average Bonchev–Trinajstić information content (AvgIpc) is 3.34. The highest BCUT2D eigenvalue weighted by molar-refractivity contribution is 5.62. The van der Waals surface area contributed by atoms with E-state index in [0.717, 1.165) is 42.3 Å². The predicted molar refractivity (Wildman–Crippen MR) is 114 cm³/mol. The number of nitrogens with zero attached hydrogens (tertiary/aromatic N) is 5. The molecule has 0 unspecified atom stereocenters. The van der Waals surface area contributed by atoms with E-state index in [0.29, 0.717) is 6.54 Å². The molecule has 8 nitrogen and oxygen atoms in total. The Kier molecular flexibility index (Phi) is 5.73. The number of rotatable bonds is 7. The van der Waals surface area contributed by atoms with Crippen molar-refractivity contribution in [2.24, 2.45) is 7.05 Å². The zero-order valence-corrected chi connectivity index (χ0v) is 16.8. The van der Waals surface area contributed by atoms with Gasteiger partial charge >= 0.3 is 0 Å². The van der Waals surface area contributed by atoms with Gasteiger partial charge in [0.2, 0.25) is 0 Å². The van der Waals surface area contributed by atoms with E-state index in [9.17, 15) is 5.11 Å². The summed E-state index contributed by atoms with van der Waals surface area (Å²) in [6.45, 7) is 2.12. The van der Waals surface area contributed by atoms with E-state index in [1.807, 2.05) is 37.2 Å². The van der Waals surface area contributed by atoms with E-state index in [4.69, 9.17) is 0 Å². The third kappa shape index (κ3) is 4.55. The highest BCUT2D eigenvalue weighted by Gasteiger charge is 2.31. The Morgan fingerprint density at radius 3 is 2.90 bits per heavy atom. The molecule has 3 aromatic rings. The molecule has 3 N–H and O–H groups in total. The fraction of sp³-hybridized carbons (Fsp3) is 0.381. The second-order valence-electron chi connectivity index (χ2n) is 7.44. The first-order valence-electron chi connectivity index (χ1n) is 9.85. The van der Waals surface area contributed by atoms with E-state index in [1.54, 1.807) is 6.33 Å². The van der Waals surface area contributed by atoms with Gasteiger partial charge in [-0.1, -0.05) is 18.2 Å². The molecule has 0 saturated carbocycles. The number of hydrogen-bond acceptors (Lipinski definition) is 7. The smallest absolute Gasteiger partial charge is 0.134 e. The molecule has 1 saturated heterocycles. The van der Waals surface area contributed by atoms with Gasteiger partial charge in [0.25, 0.3) is 0 Å². The number of anilines is 2. The quantitative estimate of drug-likeness (QED) is 0.562. The van der Waals surface area contributed by atoms with Crippen LogP contribution in [0, 0.1) is 0 Å². The number of aliphatic hydroxyl groups is 1. The van der Waals surface area contributed by atoms with Crippen molar-refractivity contribution in [3.05, 3.63) is 54.6 Å². The van der Waals surface area contributed by atoms with Crippen LogP contribution >= 0.6 is 0 Å². The number of aryl methyl sites for hydroxylation is 1. The Morgan fingerprint density at radius 2 is 2.10 bits per heavy atom. The lowest BCUT2D eigenvalue weighted by Gasteiger charge is -2.26. The Bertz CT molecular complexity index is 957. The Balaban J connectivity index is 1.39. The van der Waals surface area contributed by atoms with Crippen molar-refractivity contribution in [3.8, 4) is 11.1 Å². The van der Waals surface area contributed by atoms with Crippen LogP contribution in [0.4, 0.5) is 11.6 Å². The SMILES string of the molecule is CNc1cc(N2C[C@H](O)C[C@@H]2CNCc2cccc(-c3cnn(C)c3)c2)ncn1. The van der Waals surface area contributed by atoms with Gasteiger partial charge in [0, 0.05) is 57.6 Å². The van der Waals surface area contributed by atoms with Gasteiger partial charge in [-0.2, -0.15) is 5.10 Å². The minimum absolute atomic E-state index is 0.186. The fourth-order valence-corrected chi connectivity index (χ4v) is 3.82. The standard InChI is InChI=1S/C21H27N7O/c1-22-20-8-21(25-14-24-20)28-13-19(29)7-18(28)11-23-9-15-4-3-5-16(6-15)17-10-26-27(2)12-17/h3-6,8,10,12,14,18-19,23,29H,7,9,11,13H2,1-2H3,(H,22,24,25)/t18-,19-/m1/s1. The van der Waals surface area contributed by atoms with E-state index in [1.165, 1.54) is 5.56 Å². The molecule has 3 heterocycles. The zero-order valence-electron chi connectivity index (χ0n) is 16.8. The lowest BCUT2D eigenvalue weighted by molar-refractivity contribution is 0.194. The van der Waals surface area contributed by atoms with Gasteiger partial charge in [-0.3, -0.25) is 4.68 Å². The molecule has 1 fully saturated rings. The number of β-amino-alcohol motifs (C(OH)–C–C–N with tert-alkyl or cyclic N) is 1. The molecule has 8 heteroatoms. The molecule has 2 aromatic heterocycles. The van der Waals surface area contributed by atoms with Crippen LogP contribution < -0.4 is 15.5 Å². The van der Waals surface area contributed by atoms with Crippen molar-refractivity contribution in [2.45, 2.75) is 25.1 Å². The van der Waals surface area contributed by atoms with Crippen LogP contribution in [-0.4, -0.2) is 57.1 Å². The summed E-state index contributed by atoms with van der Waals surface area (Å²) in [5, 5.41) is 21.0. The molecule has 1 aliphatic heterocycles. The van der Waals surface area contributed by atoms with Gasteiger partial charge < -0.3 is 20.6 Å². The molecule has 2 atom stereocenters. The van der Waals surface area contributed by atoms with Crippen LogP contribution in [0.2, 0.25) is 0 Å². The third-order valence-corrected chi connectivity index (χ3v) is 5.27. The second kappa shape index (κ2) is 8.59. The average molecular weight is 393 g/mol. The van der Waals surface area contributed by atoms with Crippen molar-refractivity contribution < 1.29 is 5.11 Å². The van der Waals surface area contributed by atoms with E-state index in [2.05, 4.69) is 54.9 Å². The summed E-state index contributed by atoms with van der Waals surface area (Å²) in [6, 6.07) is 10.6. The highest BCUT2D eigenvalue weighted by atomic mass is 16.3. The van der Waals surface area contributed by atoms with Crippen molar-refractivity contribution in [1.29, 1.82) is 0 Å². The summed E-state index contributed by atoms with van der Waals surface area (Å²) >= 11 is 0. The van der Waals surface area contributed by atoms with Crippen LogP contribution in [0.15, 0.2) is 49.1 Å². The minimum atomic E-state index is -0.344. The Hall–Kier alpha value is -2.97. The van der Waals surface area contributed by atoms with E-state index in [-0.39, 0.29) is 12.1 Å². The largest absolute Gasteiger partial charge is 0.391 e. The van der Waals surface area contributed by atoms with E-state index < -0.39 is 0 Å². The molecule has 29 heavy (non-hydrogen) atoms. The van der Waals surface area contributed by atoms with Gasteiger partial charge in [0.1, 0.15) is 18.0 Å². The summed E-state index contributed by atoms with van der Waals surface area (Å²) in [5.41, 5.74) is 3.50. The molecule has 152 valence electrons. The zero-order chi connectivity index (χ0) is 20.2. The minimum Gasteiger partial charge on any atom is -0.391 e. The molecule has 0 amide bonds. The summed E-state index contributed by atoms with van der Waals surface area (Å²) in [6.07, 6.45) is 5.84. The molecule has 1 aromatic carbocycles. The molecule has 0 radical (unpaired) electrons. The maximum absolute atomic E-state index is 10.2. The topological polar surface area (TPSA) is 91.1 Å². The Morgan fingerprint density at radius 1 is 1.21 bits per heavy atom. The van der Waals surface area contributed by atoms with Gasteiger partial charge in [-0.25, -0.2) is 9.97 Å². The fourth-order valence-electron chi connectivity index (χ4n) is 3.82. The number of nitrogens with one attached hydrogen (secondary N) is 2. The number of benzene rings is 1. The van der Waals surface area contributed by atoms with Gasteiger partial charge in [-0.15, -0.1) is 0 Å². The first kappa shape index (κ1) is 19.4. The van der Waals surface area contributed by atoms with Crippen LogP contribution in [0.1, 0.15) is 12.0 Å². The highest BCUT2D eigenvalue weighted by Crippen LogP contribution is 2.25. The third-order valence-electron chi connectivity index (χ3n) is 5.27. The number of hydrogen-bond donors (Lipinski definition) is 3. The van der Waals surface area contributed by atoms with Crippen LogP contribution in [0.3, 0.4) is 0 Å². The second-order valence-corrected chi connectivity index (χ2v) is 7.44. The van der Waals surface area contributed by atoms with Gasteiger partial charge in [0.15, 0.2) is 0 Å². The molecule has 0 aliphatic carbocycles. The molecule has 0 bridgehead atoms. The van der Waals surface area contributed by atoms with Crippen molar-refractivity contribution >= 4 is 11.6 Å². The summed E-state index contributed by atoms with van der Waals surface area (Å²) in [7, 11) is 3.76. The van der Waals surface area contributed by atoms with Crippen molar-refractivity contribution in [2.75, 3.05) is 30.4 Å². The lowest BCUT2D eigenvalue weighted by atomic mass is 10.1. The molecular formula is C21H27N7O. The van der Waals surface area contributed by atoms with Crippen LogP contribution in [0.25, 0.3) is 11.1 Å². The molecular weight excluding hydrogens is 366 g/mol. The lowest BCUT2D eigenvalue weighted by Crippen LogP contribution is -2.38. The summed E-state index contributed by atoms with van der Waals surface area (Å²) < 4.78 is 1.81. The first-order chi connectivity index (χ1) is 14.1. The van der Waals surface area contributed by atoms with Crippen LogP contribution in [-0.2, 0) is 13.6 Å². The number of aromatic nitrogens is 4.